The van der Waals surface area contributed by atoms with E-state index in [-0.39, 0.29) is 5.91 Å². The van der Waals surface area contributed by atoms with Crippen molar-refractivity contribution in [3.63, 3.8) is 0 Å². The molecule has 0 bridgehead atoms. The molecule has 0 N–H and O–H groups in total. The van der Waals surface area contributed by atoms with E-state index in [4.69, 9.17) is 19.6 Å². The van der Waals surface area contributed by atoms with E-state index >= 15 is 0 Å². The largest absolute Gasteiger partial charge is 0.481 e. The number of fused-ring (bicyclic) bond motifs is 1. The topological polar surface area (TPSA) is 69.5 Å². The lowest BCUT2D eigenvalue weighted by molar-refractivity contribution is -0.135. The van der Waals surface area contributed by atoms with E-state index < -0.39 is 0 Å². The highest BCUT2D eigenvalue weighted by molar-refractivity contribution is 5.86. The molecule has 1 amide bonds. The van der Waals surface area contributed by atoms with Gasteiger partial charge in [-0.1, -0.05) is 18.2 Å². The van der Waals surface area contributed by atoms with E-state index in [1.165, 1.54) is 0 Å². The highest BCUT2D eigenvalue weighted by Crippen LogP contribution is 2.31. The molecule has 2 aromatic heterocycles. The number of aryl methyl sites for hydroxylation is 2. The van der Waals surface area contributed by atoms with Gasteiger partial charge >= 0.3 is 0 Å². The minimum absolute atomic E-state index is 0.145. The Bertz CT molecular complexity index is 1020. The van der Waals surface area contributed by atoms with Crippen molar-refractivity contribution in [2.24, 2.45) is 0 Å². The van der Waals surface area contributed by atoms with E-state index in [2.05, 4.69) is 6.92 Å². The van der Waals surface area contributed by atoms with Gasteiger partial charge in [0.05, 0.1) is 31.7 Å². The van der Waals surface area contributed by atoms with Crippen LogP contribution in [-0.2, 0) is 16.0 Å². The maximum atomic E-state index is 12.6. The van der Waals surface area contributed by atoms with Crippen LogP contribution < -0.4 is 4.74 Å². The second-order valence-corrected chi connectivity index (χ2v) is 7.25. The quantitative estimate of drug-likeness (QED) is 0.666. The molecule has 0 atom stereocenters. The van der Waals surface area contributed by atoms with Crippen LogP contribution in [-0.4, -0.2) is 59.0 Å². The molecule has 3 heterocycles. The first-order valence-corrected chi connectivity index (χ1v) is 9.94. The average molecular weight is 394 g/mol. The molecular formula is C22H26N4O3. The smallest absolute Gasteiger partial charge is 0.223 e. The Hall–Kier alpha value is -2.93. The van der Waals surface area contributed by atoms with Gasteiger partial charge in [0.2, 0.25) is 11.8 Å². The van der Waals surface area contributed by atoms with Crippen molar-refractivity contribution >= 4 is 16.9 Å². The van der Waals surface area contributed by atoms with Crippen LogP contribution in [0.15, 0.2) is 30.3 Å². The molecule has 1 saturated heterocycles. The Labute approximate surface area is 170 Å². The number of methoxy groups -OCH3 is 1. The highest BCUT2D eigenvalue weighted by Gasteiger charge is 2.22. The van der Waals surface area contributed by atoms with Gasteiger partial charge in [0.1, 0.15) is 0 Å². The summed E-state index contributed by atoms with van der Waals surface area (Å²) < 4.78 is 12.8. The maximum absolute atomic E-state index is 12.6. The Morgan fingerprint density at radius 1 is 1.17 bits per heavy atom. The van der Waals surface area contributed by atoms with Crippen molar-refractivity contribution < 1.29 is 14.3 Å². The van der Waals surface area contributed by atoms with Crippen LogP contribution in [0.4, 0.5) is 0 Å². The molecular weight excluding hydrogens is 368 g/mol. The molecule has 1 fully saturated rings. The van der Waals surface area contributed by atoms with Gasteiger partial charge < -0.3 is 14.4 Å². The maximum Gasteiger partial charge on any atom is 0.223 e. The first-order chi connectivity index (χ1) is 14.1. The van der Waals surface area contributed by atoms with Crippen LogP contribution >= 0.6 is 0 Å². The number of hydrogen-bond donors (Lipinski definition) is 0. The van der Waals surface area contributed by atoms with Crippen molar-refractivity contribution in [1.82, 2.24) is 19.7 Å². The SMILES string of the molecule is COc1nc2c(c(C)nn2-c2ccccc2)c(C)c1CCC(=O)N1CCOCC1. The van der Waals surface area contributed by atoms with E-state index in [1.54, 1.807) is 7.11 Å². The third-order valence-corrected chi connectivity index (χ3v) is 5.48. The number of amides is 1. The fraction of sp³-hybridized carbons (Fsp3) is 0.409. The molecule has 7 heteroatoms. The first kappa shape index (κ1) is 19.4. The van der Waals surface area contributed by atoms with Crippen LogP contribution in [0, 0.1) is 13.8 Å². The predicted molar refractivity (Wildman–Crippen MR) is 111 cm³/mol. The van der Waals surface area contributed by atoms with Crippen LogP contribution in [0.5, 0.6) is 5.88 Å². The first-order valence-electron chi connectivity index (χ1n) is 9.94. The fourth-order valence-corrected chi connectivity index (χ4v) is 3.95. The number of benzene rings is 1. The molecule has 29 heavy (non-hydrogen) atoms. The van der Waals surface area contributed by atoms with Gasteiger partial charge in [-0.25, -0.2) is 4.68 Å². The van der Waals surface area contributed by atoms with Crippen molar-refractivity contribution in [2.75, 3.05) is 33.4 Å². The fourth-order valence-electron chi connectivity index (χ4n) is 3.95. The van der Waals surface area contributed by atoms with Crippen molar-refractivity contribution in [2.45, 2.75) is 26.7 Å². The molecule has 152 valence electrons. The standard InChI is InChI=1S/C22H26N4O3/c1-15-18(9-10-19(27)25-11-13-29-14-12-25)22(28-3)23-21-20(15)16(2)24-26(21)17-7-5-4-6-8-17/h4-8H,9-14H2,1-3H3. The molecule has 0 unspecified atom stereocenters. The molecule has 1 aliphatic rings. The van der Waals surface area contributed by atoms with E-state index in [0.717, 1.165) is 33.5 Å². The summed E-state index contributed by atoms with van der Waals surface area (Å²) in [5, 5.41) is 5.73. The molecule has 0 radical (unpaired) electrons. The van der Waals surface area contributed by atoms with E-state index in [1.807, 2.05) is 46.8 Å². The Morgan fingerprint density at radius 3 is 2.59 bits per heavy atom. The number of para-hydroxylation sites is 1. The van der Waals surface area contributed by atoms with Gasteiger partial charge in [-0.3, -0.25) is 4.79 Å². The van der Waals surface area contributed by atoms with Crippen LogP contribution in [0.1, 0.15) is 23.2 Å². The number of rotatable bonds is 5. The Kier molecular flexibility index (Phi) is 5.49. The van der Waals surface area contributed by atoms with Crippen LogP contribution in [0.3, 0.4) is 0 Å². The van der Waals surface area contributed by atoms with Gasteiger partial charge in [0, 0.05) is 30.5 Å². The summed E-state index contributed by atoms with van der Waals surface area (Å²) in [4.78, 5) is 19.2. The summed E-state index contributed by atoms with van der Waals surface area (Å²) >= 11 is 0. The number of carbonyl (C=O) groups is 1. The lowest BCUT2D eigenvalue weighted by Crippen LogP contribution is -2.40. The third kappa shape index (κ3) is 3.70. The molecule has 7 nitrogen and oxygen atoms in total. The van der Waals surface area contributed by atoms with Crippen LogP contribution in [0.25, 0.3) is 16.7 Å². The van der Waals surface area contributed by atoms with Crippen molar-refractivity contribution in [1.29, 1.82) is 0 Å². The summed E-state index contributed by atoms with van der Waals surface area (Å²) in [5.74, 6) is 0.702. The lowest BCUT2D eigenvalue weighted by Gasteiger charge is -2.27. The molecule has 0 spiro atoms. The molecule has 0 saturated carbocycles. The number of hydrogen-bond acceptors (Lipinski definition) is 5. The number of pyridine rings is 1. The summed E-state index contributed by atoms with van der Waals surface area (Å²) in [6.45, 7) is 6.60. The van der Waals surface area contributed by atoms with Gasteiger partial charge in [0.15, 0.2) is 5.65 Å². The average Bonchev–Trinajstić information content (AvgIpc) is 3.10. The molecule has 4 rings (SSSR count). The number of nitrogens with zero attached hydrogens (tertiary/aromatic N) is 4. The zero-order valence-corrected chi connectivity index (χ0v) is 17.1. The zero-order valence-electron chi connectivity index (χ0n) is 17.1. The second-order valence-electron chi connectivity index (χ2n) is 7.25. The van der Waals surface area contributed by atoms with E-state index in [9.17, 15) is 4.79 Å². The Morgan fingerprint density at radius 2 is 1.90 bits per heavy atom. The van der Waals surface area contributed by atoms with Gasteiger partial charge in [-0.2, -0.15) is 10.1 Å². The summed E-state index contributed by atoms with van der Waals surface area (Å²) in [6.07, 6.45) is 1.01. The molecule has 0 aliphatic carbocycles. The monoisotopic (exact) mass is 394 g/mol. The number of aromatic nitrogens is 3. The Balaban J connectivity index is 1.69. The van der Waals surface area contributed by atoms with Gasteiger partial charge in [0.25, 0.3) is 0 Å². The second kappa shape index (κ2) is 8.21. The number of morpholine rings is 1. The minimum atomic E-state index is 0.145. The summed E-state index contributed by atoms with van der Waals surface area (Å²) in [5.41, 5.74) is 4.68. The highest BCUT2D eigenvalue weighted by atomic mass is 16.5. The van der Waals surface area contributed by atoms with E-state index in [0.29, 0.717) is 45.0 Å². The van der Waals surface area contributed by atoms with Crippen molar-refractivity contribution in [3.05, 3.63) is 47.2 Å². The third-order valence-electron chi connectivity index (χ3n) is 5.48. The number of carbonyl (C=O) groups excluding carboxylic acids is 1. The summed E-state index contributed by atoms with van der Waals surface area (Å²) in [7, 11) is 1.62. The number of ether oxygens (including phenoxy) is 2. The predicted octanol–water partition coefficient (Wildman–Crippen LogP) is 2.84. The zero-order chi connectivity index (χ0) is 20.4. The molecule has 1 aliphatic heterocycles. The minimum Gasteiger partial charge on any atom is -0.481 e. The molecule has 3 aromatic rings. The van der Waals surface area contributed by atoms with Crippen LogP contribution in [0.2, 0.25) is 0 Å². The van der Waals surface area contributed by atoms with Gasteiger partial charge in [-0.05, 0) is 38.0 Å². The lowest BCUT2D eigenvalue weighted by atomic mass is 10.0. The molecule has 1 aromatic carbocycles. The van der Waals surface area contributed by atoms with Crippen molar-refractivity contribution in [3.8, 4) is 11.6 Å². The summed E-state index contributed by atoms with van der Waals surface area (Å²) in [6, 6.07) is 9.95. The normalized spacial score (nSPS) is 14.4. The van der Waals surface area contributed by atoms with Gasteiger partial charge in [-0.15, -0.1) is 0 Å².